The number of aromatic nitrogens is 1. The number of hydrogen-bond donors (Lipinski definition) is 2. The molecule has 3 rings (SSSR count). The molecule has 0 aromatic carbocycles. The first kappa shape index (κ1) is 34.0. The van der Waals surface area contributed by atoms with Gasteiger partial charge in [-0.3, -0.25) is 24.1 Å². The van der Waals surface area contributed by atoms with Crippen LogP contribution >= 0.6 is 35.5 Å². The summed E-state index contributed by atoms with van der Waals surface area (Å²) in [6, 6.07) is -0.971. The van der Waals surface area contributed by atoms with Crippen LogP contribution in [0.5, 0.6) is 0 Å². The standard InChI is InChI=1S/C24H32N6O8S2.ClH/c1-6-29(7-2)8-9-37-23(35)19-15(10-38-14(4)32)11-39-22-18(21(34)30(19)22)27-20(33)17(28-36-5)16-12-40-24(26-16)25-13(3)31;/h12,18,22H,6-11H2,1-5H3,(H,27,33)(H,25,26,31);1H/b28-17+;. The molecule has 1 fully saturated rings. The number of fused-ring (bicyclic) bond motifs is 1. The molecule has 1 saturated heterocycles. The fourth-order valence-corrected chi connectivity index (χ4v) is 6.01. The van der Waals surface area contributed by atoms with Crippen molar-refractivity contribution in [3.8, 4) is 0 Å². The first-order valence-corrected chi connectivity index (χ1v) is 14.4. The Morgan fingerprint density at radius 2 is 1.90 bits per heavy atom. The molecule has 3 heterocycles. The number of thiazole rings is 1. The van der Waals surface area contributed by atoms with E-state index in [0.29, 0.717) is 12.1 Å². The number of carbonyl (C=O) groups is 5. The number of β-lactam (4-membered cyclic amide) rings is 1. The van der Waals surface area contributed by atoms with Gasteiger partial charge < -0.3 is 29.8 Å². The number of thioether (sulfide) groups is 1. The Hall–Kier alpha value is -3.21. The number of hydrogen-bond acceptors (Lipinski definition) is 13. The molecule has 0 spiro atoms. The van der Waals surface area contributed by atoms with E-state index in [2.05, 4.69) is 25.7 Å². The molecule has 0 bridgehead atoms. The van der Waals surface area contributed by atoms with E-state index in [1.165, 1.54) is 43.0 Å². The van der Waals surface area contributed by atoms with Gasteiger partial charge in [0.1, 0.15) is 43.1 Å². The lowest BCUT2D eigenvalue weighted by Crippen LogP contribution is -2.71. The lowest BCUT2D eigenvalue weighted by molar-refractivity contribution is -0.153. The molecule has 41 heavy (non-hydrogen) atoms. The Labute approximate surface area is 251 Å². The Kier molecular flexibility index (Phi) is 13.0. The number of ether oxygens (including phenoxy) is 2. The maximum absolute atomic E-state index is 13.3. The number of amides is 3. The van der Waals surface area contributed by atoms with Crippen LogP contribution in [0.15, 0.2) is 21.8 Å². The van der Waals surface area contributed by atoms with E-state index in [9.17, 15) is 24.0 Å². The summed E-state index contributed by atoms with van der Waals surface area (Å²) >= 11 is 2.40. The predicted molar refractivity (Wildman–Crippen MR) is 155 cm³/mol. The van der Waals surface area contributed by atoms with Crippen LogP contribution in [0.3, 0.4) is 0 Å². The average molecular weight is 633 g/mol. The lowest BCUT2D eigenvalue weighted by atomic mass is 10.0. The molecule has 3 amide bonds. The maximum atomic E-state index is 13.3. The number of oxime groups is 1. The molecule has 2 aliphatic heterocycles. The molecule has 14 nitrogen and oxygen atoms in total. The van der Waals surface area contributed by atoms with Gasteiger partial charge in [0, 0.05) is 37.1 Å². The van der Waals surface area contributed by atoms with Gasteiger partial charge in [0.25, 0.3) is 11.8 Å². The van der Waals surface area contributed by atoms with E-state index in [4.69, 9.17) is 14.3 Å². The molecule has 0 aliphatic carbocycles. The van der Waals surface area contributed by atoms with Gasteiger partial charge in [-0.05, 0) is 13.1 Å². The highest BCUT2D eigenvalue weighted by Gasteiger charge is 2.54. The van der Waals surface area contributed by atoms with Gasteiger partial charge in [0.2, 0.25) is 5.91 Å². The van der Waals surface area contributed by atoms with Gasteiger partial charge in [0.05, 0.1) is 0 Å². The molecule has 2 atom stereocenters. The highest BCUT2D eigenvalue weighted by molar-refractivity contribution is 8.00. The minimum atomic E-state index is -0.971. The molecule has 2 aliphatic rings. The molecule has 2 unspecified atom stereocenters. The van der Waals surface area contributed by atoms with Crippen molar-refractivity contribution in [3.63, 3.8) is 0 Å². The number of nitrogens with one attached hydrogen (secondary N) is 2. The summed E-state index contributed by atoms with van der Waals surface area (Å²) in [5, 5.41) is 10.1. The van der Waals surface area contributed by atoms with Crippen LogP contribution < -0.4 is 10.6 Å². The van der Waals surface area contributed by atoms with E-state index in [0.717, 1.165) is 24.4 Å². The number of esters is 2. The van der Waals surface area contributed by atoms with Gasteiger partial charge >= 0.3 is 11.9 Å². The molecule has 1 aromatic heterocycles. The SMILES string of the molecule is CCN(CC)CCOC(=O)C1=C(COC(C)=O)CSC2C(NC(=O)/C(=N/OC)c3csc(NC(C)=O)n3)C(=O)N12.Cl. The first-order chi connectivity index (χ1) is 19.1. The summed E-state index contributed by atoms with van der Waals surface area (Å²) in [5.74, 6) is -2.53. The van der Waals surface area contributed by atoms with Crippen molar-refractivity contribution in [3.05, 3.63) is 22.3 Å². The third-order valence-electron chi connectivity index (χ3n) is 5.94. The van der Waals surface area contributed by atoms with Crippen LogP contribution in [0.4, 0.5) is 5.13 Å². The predicted octanol–water partition coefficient (Wildman–Crippen LogP) is 0.976. The van der Waals surface area contributed by atoms with E-state index in [1.54, 1.807) is 0 Å². The Balaban J connectivity index is 0.00000588. The molecule has 1 aromatic rings. The third-order valence-corrected chi connectivity index (χ3v) is 8.04. The highest BCUT2D eigenvalue weighted by atomic mass is 35.5. The van der Waals surface area contributed by atoms with E-state index < -0.39 is 35.2 Å². The van der Waals surface area contributed by atoms with E-state index in [1.807, 2.05) is 13.8 Å². The number of rotatable bonds is 13. The zero-order chi connectivity index (χ0) is 29.4. The van der Waals surface area contributed by atoms with Crippen LogP contribution in [-0.2, 0) is 38.3 Å². The summed E-state index contributed by atoms with van der Waals surface area (Å²) in [6.07, 6.45) is 0. The largest absolute Gasteiger partial charge is 0.461 e. The van der Waals surface area contributed by atoms with Crippen molar-refractivity contribution in [2.24, 2.45) is 5.16 Å². The van der Waals surface area contributed by atoms with Crippen LogP contribution in [0.25, 0.3) is 0 Å². The van der Waals surface area contributed by atoms with Crippen molar-refractivity contribution >= 4 is 76.0 Å². The van der Waals surface area contributed by atoms with Crippen molar-refractivity contribution in [2.45, 2.75) is 39.1 Å². The fourth-order valence-electron chi connectivity index (χ4n) is 3.94. The van der Waals surface area contributed by atoms with Gasteiger partial charge in [-0.25, -0.2) is 9.78 Å². The second-order valence-electron chi connectivity index (χ2n) is 8.60. The topological polar surface area (TPSA) is 169 Å². The number of halogens is 1. The summed E-state index contributed by atoms with van der Waals surface area (Å²) in [4.78, 5) is 74.6. The third kappa shape index (κ3) is 8.40. The molecule has 226 valence electrons. The van der Waals surface area contributed by atoms with Crippen LogP contribution in [0.2, 0.25) is 0 Å². The van der Waals surface area contributed by atoms with Crippen LogP contribution in [0, 0.1) is 0 Å². The first-order valence-electron chi connectivity index (χ1n) is 12.5. The van der Waals surface area contributed by atoms with E-state index >= 15 is 0 Å². The Bertz CT molecular complexity index is 1220. The van der Waals surface area contributed by atoms with Gasteiger partial charge in [-0.15, -0.1) is 35.5 Å². The summed E-state index contributed by atoms with van der Waals surface area (Å²) in [7, 11) is 1.26. The Morgan fingerprint density at radius 3 is 2.51 bits per heavy atom. The highest BCUT2D eigenvalue weighted by Crippen LogP contribution is 2.40. The number of anilines is 1. The molecule has 0 radical (unpaired) electrons. The lowest BCUT2D eigenvalue weighted by Gasteiger charge is -2.49. The zero-order valence-corrected chi connectivity index (χ0v) is 25.7. The quantitative estimate of drug-likeness (QED) is 0.138. The normalized spacial score (nSPS) is 18.1. The monoisotopic (exact) mass is 632 g/mol. The molecular weight excluding hydrogens is 600 g/mol. The molecular formula is C24H33ClN6O8S2. The molecule has 17 heteroatoms. The summed E-state index contributed by atoms with van der Waals surface area (Å²) in [6.45, 7) is 8.65. The average Bonchev–Trinajstić information content (AvgIpc) is 3.37. The van der Waals surface area contributed by atoms with Crippen molar-refractivity contribution in [2.75, 3.05) is 51.0 Å². The summed E-state index contributed by atoms with van der Waals surface area (Å²) < 4.78 is 10.6. The maximum Gasteiger partial charge on any atom is 0.355 e. The number of likely N-dealkylation sites (N-methyl/N-ethyl adjacent to an activating group) is 1. The minimum absolute atomic E-state index is 0. The Morgan fingerprint density at radius 1 is 1.20 bits per heavy atom. The number of nitrogens with zero attached hydrogens (tertiary/aromatic N) is 4. The van der Waals surface area contributed by atoms with Crippen molar-refractivity contribution in [1.29, 1.82) is 0 Å². The molecule has 2 N–H and O–H groups in total. The second kappa shape index (κ2) is 15.7. The smallest absolute Gasteiger partial charge is 0.355 e. The van der Waals surface area contributed by atoms with Gasteiger partial charge in [-0.2, -0.15) is 0 Å². The second-order valence-corrected chi connectivity index (χ2v) is 10.6. The van der Waals surface area contributed by atoms with E-state index in [-0.39, 0.29) is 59.5 Å². The van der Waals surface area contributed by atoms with Crippen LogP contribution in [-0.4, -0.2) is 107 Å². The number of carbonyl (C=O) groups excluding carboxylic acids is 5. The minimum Gasteiger partial charge on any atom is -0.461 e. The van der Waals surface area contributed by atoms with Gasteiger partial charge in [0.15, 0.2) is 10.8 Å². The molecule has 0 saturated carbocycles. The fraction of sp³-hybridized carbons (Fsp3) is 0.542. The summed E-state index contributed by atoms with van der Waals surface area (Å²) in [5.41, 5.74) is 0.417. The van der Waals surface area contributed by atoms with Crippen molar-refractivity contribution < 1.29 is 38.3 Å². The van der Waals surface area contributed by atoms with Crippen LogP contribution in [0.1, 0.15) is 33.4 Å². The van der Waals surface area contributed by atoms with Crippen molar-refractivity contribution in [1.82, 2.24) is 20.1 Å². The zero-order valence-electron chi connectivity index (χ0n) is 23.3. The van der Waals surface area contributed by atoms with Gasteiger partial charge in [-0.1, -0.05) is 19.0 Å².